The molecule has 1 fully saturated rings. The molecule has 1 N–H and O–H groups in total. The molecule has 2 amide bonds. The third-order valence-electron chi connectivity index (χ3n) is 5.43. The summed E-state index contributed by atoms with van der Waals surface area (Å²) in [5, 5.41) is 4.83. The minimum absolute atomic E-state index is 0.00817. The van der Waals surface area contributed by atoms with Crippen LogP contribution in [-0.4, -0.2) is 49.1 Å². The van der Waals surface area contributed by atoms with E-state index in [9.17, 15) is 9.59 Å². The Bertz CT molecular complexity index is 1110. The number of nitrogens with zero attached hydrogens (tertiary/aromatic N) is 1. The molecule has 0 radical (unpaired) electrons. The number of fused-ring (bicyclic) bond motifs is 1. The van der Waals surface area contributed by atoms with Gasteiger partial charge in [-0.25, -0.2) is 0 Å². The number of morpholine rings is 1. The third-order valence-corrected chi connectivity index (χ3v) is 5.43. The van der Waals surface area contributed by atoms with Gasteiger partial charge in [0.2, 0.25) is 0 Å². The van der Waals surface area contributed by atoms with Gasteiger partial charge in [0.25, 0.3) is 11.8 Å². The largest absolute Gasteiger partial charge is 0.483 e. The average Bonchev–Trinajstić information content (AvgIpc) is 2.78. The second-order valence-electron chi connectivity index (χ2n) is 7.77. The smallest absolute Gasteiger partial charge is 0.260 e. The molecule has 160 valence electrons. The van der Waals surface area contributed by atoms with Crippen molar-refractivity contribution in [3.05, 3.63) is 71.8 Å². The number of ether oxygens (including phenoxy) is 2. The van der Waals surface area contributed by atoms with Gasteiger partial charge in [0.15, 0.2) is 6.61 Å². The molecule has 1 unspecified atom stereocenters. The normalized spacial score (nSPS) is 16.2. The summed E-state index contributed by atoms with van der Waals surface area (Å²) in [6.07, 6.45) is 0.00817. The predicted molar refractivity (Wildman–Crippen MR) is 121 cm³/mol. The second-order valence-corrected chi connectivity index (χ2v) is 7.77. The summed E-state index contributed by atoms with van der Waals surface area (Å²) in [6, 6.07) is 19.0. The van der Waals surface area contributed by atoms with Crippen molar-refractivity contribution in [1.29, 1.82) is 0 Å². The topological polar surface area (TPSA) is 67.9 Å². The first-order valence-corrected chi connectivity index (χ1v) is 10.4. The van der Waals surface area contributed by atoms with E-state index in [0.29, 0.717) is 31.0 Å². The number of anilines is 1. The van der Waals surface area contributed by atoms with Gasteiger partial charge in [0.1, 0.15) is 5.75 Å². The van der Waals surface area contributed by atoms with E-state index in [1.54, 1.807) is 11.0 Å². The molecule has 1 heterocycles. The number of hydrogen-bond donors (Lipinski definition) is 1. The Morgan fingerprint density at radius 3 is 2.55 bits per heavy atom. The fourth-order valence-electron chi connectivity index (χ4n) is 3.69. The molecule has 0 bridgehead atoms. The predicted octanol–water partition coefficient (Wildman–Crippen LogP) is 4.03. The summed E-state index contributed by atoms with van der Waals surface area (Å²) in [4.78, 5) is 27.5. The van der Waals surface area contributed by atoms with Gasteiger partial charge in [-0.15, -0.1) is 0 Å². The van der Waals surface area contributed by atoms with Crippen LogP contribution >= 0.6 is 0 Å². The highest BCUT2D eigenvalue weighted by Crippen LogP contribution is 2.28. The Morgan fingerprint density at radius 1 is 1.10 bits per heavy atom. The van der Waals surface area contributed by atoms with Crippen LogP contribution in [0.25, 0.3) is 10.8 Å². The Kier molecular flexibility index (Phi) is 6.18. The highest BCUT2D eigenvalue weighted by molar-refractivity contribution is 6.09. The van der Waals surface area contributed by atoms with Crippen molar-refractivity contribution in [1.82, 2.24) is 4.90 Å². The number of benzene rings is 3. The van der Waals surface area contributed by atoms with Crippen LogP contribution in [0.2, 0.25) is 0 Å². The quantitative estimate of drug-likeness (QED) is 0.679. The lowest BCUT2D eigenvalue weighted by Gasteiger charge is -2.31. The lowest BCUT2D eigenvalue weighted by atomic mass is 10.0. The molecule has 3 aromatic carbocycles. The highest BCUT2D eigenvalue weighted by atomic mass is 16.5. The van der Waals surface area contributed by atoms with Crippen LogP contribution in [0.15, 0.2) is 60.7 Å². The molecule has 0 aromatic heterocycles. The molecule has 1 saturated heterocycles. The van der Waals surface area contributed by atoms with E-state index in [0.717, 1.165) is 22.0 Å². The number of amides is 2. The molecule has 3 aromatic rings. The van der Waals surface area contributed by atoms with Crippen molar-refractivity contribution in [3.8, 4) is 5.75 Å². The number of nitrogens with one attached hydrogen (secondary N) is 1. The Morgan fingerprint density at radius 2 is 1.81 bits per heavy atom. The molecule has 1 aliphatic rings. The molecule has 1 atom stereocenters. The fraction of sp³-hybridized carbons (Fsp3) is 0.280. The van der Waals surface area contributed by atoms with Crippen molar-refractivity contribution in [2.24, 2.45) is 0 Å². The van der Waals surface area contributed by atoms with Crippen LogP contribution in [0.5, 0.6) is 5.75 Å². The minimum atomic E-state index is -0.275. The van der Waals surface area contributed by atoms with Gasteiger partial charge in [0, 0.05) is 18.8 Å². The van der Waals surface area contributed by atoms with Gasteiger partial charge in [-0.3, -0.25) is 9.59 Å². The van der Waals surface area contributed by atoms with Crippen molar-refractivity contribution >= 4 is 28.3 Å². The lowest BCUT2D eigenvalue weighted by Crippen LogP contribution is -2.46. The van der Waals surface area contributed by atoms with Gasteiger partial charge < -0.3 is 19.7 Å². The lowest BCUT2D eigenvalue weighted by molar-refractivity contribution is -0.140. The van der Waals surface area contributed by atoms with E-state index >= 15 is 0 Å². The fourth-order valence-corrected chi connectivity index (χ4v) is 3.69. The zero-order valence-corrected chi connectivity index (χ0v) is 17.8. The van der Waals surface area contributed by atoms with E-state index in [1.807, 2.05) is 68.4 Å². The Hall–Kier alpha value is -3.38. The number of carbonyl (C=O) groups is 2. The standard InChI is InChI=1S/C25H26N2O4/c1-17-7-3-6-10-22(17)26-25(29)21-13-19-8-4-5-9-20(19)14-23(21)31-16-24(28)27-11-12-30-18(2)15-27/h3-10,13-14,18H,11-12,15-16H2,1-2H3,(H,26,29). The van der Waals surface area contributed by atoms with Gasteiger partial charge in [-0.05, 0) is 48.4 Å². The maximum Gasteiger partial charge on any atom is 0.260 e. The Balaban J connectivity index is 1.58. The van der Waals surface area contributed by atoms with Crippen LogP contribution in [0, 0.1) is 6.92 Å². The second kappa shape index (κ2) is 9.18. The van der Waals surface area contributed by atoms with Crippen molar-refractivity contribution in [2.75, 3.05) is 31.6 Å². The molecule has 6 heteroatoms. The van der Waals surface area contributed by atoms with Crippen LogP contribution in [0.3, 0.4) is 0 Å². The molecular formula is C25H26N2O4. The van der Waals surface area contributed by atoms with Crippen LogP contribution in [0.4, 0.5) is 5.69 Å². The van der Waals surface area contributed by atoms with E-state index < -0.39 is 0 Å². The first-order valence-electron chi connectivity index (χ1n) is 10.4. The van der Waals surface area contributed by atoms with Gasteiger partial charge >= 0.3 is 0 Å². The molecular weight excluding hydrogens is 392 g/mol. The first-order chi connectivity index (χ1) is 15.0. The third kappa shape index (κ3) is 4.86. The molecule has 0 aliphatic carbocycles. The van der Waals surface area contributed by atoms with Crippen molar-refractivity contribution < 1.29 is 19.1 Å². The maximum atomic E-state index is 13.1. The van der Waals surface area contributed by atoms with E-state index in [-0.39, 0.29) is 24.5 Å². The first kappa shape index (κ1) is 20.9. The number of carbonyl (C=O) groups excluding carboxylic acids is 2. The maximum absolute atomic E-state index is 13.1. The zero-order valence-electron chi connectivity index (χ0n) is 17.8. The molecule has 4 rings (SSSR count). The summed E-state index contributed by atoms with van der Waals surface area (Å²) >= 11 is 0. The summed E-state index contributed by atoms with van der Waals surface area (Å²) in [5.41, 5.74) is 2.10. The SMILES string of the molecule is Cc1ccccc1NC(=O)c1cc2ccccc2cc1OCC(=O)N1CCOC(C)C1. The van der Waals surface area contributed by atoms with Crippen LogP contribution in [0.1, 0.15) is 22.8 Å². The van der Waals surface area contributed by atoms with Crippen molar-refractivity contribution in [2.45, 2.75) is 20.0 Å². The molecule has 0 spiro atoms. The number of aryl methyl sites for hydroxylation is 1. The summed E-state index contributed by atoms with van der Waals surface area (Å²) in [5.74, 6) is -0.00416. The van der Waals surface area contributed by atoms with Gasteiger partial charge in [-0.2, -0.15) is 0 Å². The highest BCUT2D eigenvalue weighted by Gasteiger charge is 2.23. The number of para-hydroxylation sites is 1. The monoisotopic (exact) mass is 418 g/mol. The summed E-state index contributed by atoms with van der Waals surface area (Å²) < 4.78 is 11.4. The molecule has 1 aliphatic heterocycles. The van der Waals surface area contributed by atoms with Crippen LogP contribution < -0.4 is 10.1 Å². The summed E-state index contributed by atoms with van der Waals surface area (Å²) in [7, 11) is 0. The number of rotatable bonds is 5. The summed E-state index contributed by atoms with van der Waals surface area (Å²) in [6.45, 7) is 5.36. The molecule has 0 saturated carbocycles. The van der Waals surface area contributed by atoms with Gasteiger partial charge in [-0.1, -0.05) is 42.5 Å². The average molecular weight is 418 g/mol. The van der Waals surface area contributed by atoms with E-state index in [4.69, 9.17) is 9.47 Å². The zero-order chi connectivity index (χ0) is 21.8. The minimum Gasteiger partial charge on any atom is -0.483 e. The Labute approximate surface area is 181 Å². The van der Waals surface area contributed by atoms with Crippen molar-refractivity contribution in [3.63, 3.8) is 0 Å². The van der Waals surface area contributed by atoms with Gasteiger partial charge in [0.05, 0.1) is 18.3 Å². The molecule has 31 heavy (non-hydrogen) atoms. The van der Waals surface area contributed by atoms with Crippen LogP contribution in [-0.2, 0) is 9.53 Å². The van der Waals surface area contributed by atoms with E-state index in [1.165, 1.54) is 0 Å². The van der Waals surface area contributed by atoms with E-state index in [2.05, 4.69) is 5.32 Å². The molecule has 6 nitrogen and oxygen atoms in total. The number of hydrogen-bond acceptors (Lipinski definition) is 4.